The van der Waals surface area contributed by atoms with Crippen LogP contribution in [-0.2, 0) is 14.9 Å². The van der Waals surface area contributed by atoms with Gasteiger partial charge >= 0.3 is 12.1 Å². The molecule has 0 saturated carbocycles. The van der Waals surface area contributed by atoms with Crippen molar-refractivity contribution >= 4 is 23.5 Å². The van der Waals surface area contributed by atoms with Crippen LogP contribution >= 0.6 is 23.5 Å². The Morgan fingerprint density at radius 2 is 1.56 bits per heavy atom. The van der Waals surface area contributed by atoms with Gasteiger partial charge in [-0.1, -0.05) is 25.1 Å². The summed E-state index contributed by atoms with van der Waals surface area (Å²) in [6, 6.07) is 12.9. The van der Waals surface area contributed by atoms with E-state index in [1.807, 2.05) is 24.3 Å². The molecule has 3 rings (SSSR count). The predicted molar refractivity (Wildman–Crippen MR) is 145 cm³/mol. The summed E-state index contributed by atoms with van der Waals surface area (Å²) in [5.41, 5.74) is 2.19. The zero-order valence-corrected chi connectivity index (χ0v) is 23.4. The molecule has 11 heteroatoms. The first-order valence-electron chi connectivity index (χ1n) is 12.9. The van der Waals surface area contributed by atoms with E-state index in [4.69, 9.17) is 9.47 Å². The molecule has 2 N–H and O–H groups in total. The summed E-state index contributed by atoms with van der Waals surface area (Å²) in [6.07, 6.45) is -5.20. The molecule has 0 aliphatic carbocycles. The van der Waals surface area contributed by atoms with Gasteiger partial charge in [0, 0.05) is 34.8 Å². The van der Waals surface area contributed by atoms with Crippen molar-refractivity contribution in [3.05, 3.63) is 53.6 Å². The third kappa shape index (κ3) is 8.90. The minimum atomic E-state index is -5.49. The largest absolute Gasteiger partial charge is 0.508 e. The Labute approximate surface area is 234 Å². The van der Waals surface area contributed by atoms with Gasteiger partial charge in [-0.05, 0) is 66.3 Å². The van der Waals surface area contributed by atoms with Gasteiger partial charge in [0.1, 0.15) is 11.5 Å². The van der Waals surface area contributed by atoms with E-state index in [9.17, 15) is 32.2 Å². The molecule has 0 saturated heterocycles. The highest BCUT2D eigenvalue weighted by Gasteiger charge is 2.56. The van der Waals surface area contributed by atoms with Crippen molar-refractivity contribution in [1.29, 1.82) is 0 Å². The number of fused-ring (bicyclic) bond motifs is 1. The van der Waals surface area contributed by atoms with Gasteiger partial charge in [0.25, 0.3) is 0 Å². The van der Waals surface area contributed by atoms with Crippen LogP contribution in [0.3, 0.4) is 0 Å². The molecule has 4 nitrogen and oxygen atoms in total. The maximum Gasteiger partial charge on any atom is 0.453 e. The smallest absolute Gasteiger partial charge is 0.453 e. The Hall–Kier alpha value is -1.69. The Morgan fingerprint density at radius 3 is 2.26 bits per heavy atom. The molecule has 0 bridgehead atoms. The maximum atomic E-state index is 12.9. The second-order valence-electron chi connectivity index (χ2n) is 9.81. The highest BCUT2D eigenvalue weighted by atomic mass is 32.2. The van der Waals surface area contributed by atoms with E-state index in [-0.39, 0.29) is 35.0 Å². The quantitative estimate of drug-likeness (QED) is 0.162. The van der Waals surface area contributed by atoms with Crippen LogP contribution in [-0.4, -0.2) is 66.0 Å². The molecule has 1 aliphatic rings. The molecule has 2 aromatic carbocycles. The van der Waals surface area contributed by atoms with Crippen LogP contribution in [0.5, 0.6) is 11.5 Å². The van der Waals surface area contributed by atoms with Crippen LogP contribution in [0.4, 0.5) is 22.0 Å². The van der Waals surface area contributed by atoms with Crippen molar-refractivity contribution in [2.24, 2.45) is 0 Å². The monoisotopic (exact) mass is 594 g/mol. The van der Waals surface area contributed by atoms with Gasteiger partial charge in [0.15, 0.2) is 0 Å². The fourth-order valence-corrected chi connectivity index (χ4v) is 6.87. The minimum Gasteiger partial charge on any atom is -0.508 e. The fourth-order valence-electron chi connectivity index (χ4n) is 4.68. The molecular weight excluding hydrogens is 559 g/mol. The van der Waals surface area contributed by atoms with Crippen LogP contribution in [0, 0.1) is 0 Å². The fraction of sp³-hybridized carbons (Fsp3) is 0.571. The lowest BCUT2D eigenvalue weighted by molar-refractivity contribution is -0.284. The number of hydrogen-bond acceptors (Lipinski definition) is 6. The lowest BCUT2D eigenvalue weighted by Gasteiger charge is -2.43. The molecule has 1 aliphatic heterocycles. The molecule has 0 aromatic heterocycles. The van der Waals surface area contributed by atoms with Gasteiger partial charge in [-0.2, -0.15) is 33.7 Å². The minimum absolute atomic E-state index is 0.161. The van der Waals surface area contributed by atoms with Gasteiger partial charge in [0.05, 0.1) is 19.8 Å². The van der Waals surface area contributed by atoms with Crippen molar-refractivity contribution < 1.29 is 41.6 Å². The van der Waals surface area contributed by atoms with Gasteiger partial charge < -0.3 is 19.7 Å². The van der Waals surface area contributed by atoms with Crippen LogP contribution in [0.2, 0.25) is 0 Å². The zero-order chi connectivity index (χ0) is 28.5. The molecule has 0 amide bonds. The van der Waals surface area contributed by atoms with Gasteiger partial charge in [-0.3, -0.25) is 0 Å². The summed E-state index contributed by atoms with van der Waals surface area (Å²) in [6.45, 7) is 3.94. The highest BCUT2D eigenvalue weighted by Crippen LogP contribution is 2.52. The Balaban J connectivity index is 1.36. The van der Waals surface area contributed by atoms with Crippen LogP contribution in [0.1, 0.15) is 49.7 Å². The number of thioether (sulfide) groups is 2. The summed E-state index contributed by atoms with van der Waals surface area (Å²) in [4.78, 5) is 1.08. The molecule has 39 heavy (non-hydrogen) atoms. The predicted octanol–water partition coefficient (Wildman–Crippen LogP) is 7.77. The number of phenolic OH excluding ortho intramolecular Hbond substituents is 2. The number of hydrogen-bond donors (Lipinski definition) is 2. The second-order valence-corrected chi connectivity index (χ2v) is 12.1. The summed E-state index contributed by atoms with van der Waals surface area (Å²) in [5, 5.41) is 19.7. The molecule has 2 aromatic rings. The average molecular weight is 595 g/mol. The first-order valence-corrected chi connectivity index (χ1v) is 15.0. The lowest BCUT2D eigenvalue weighted by Crippen LogP contribution is -2.36. The summed E-state index contributed by atoms with van der Waals surface area (Å²) >= 11 is 3.01. The van der Waals surface area contributed by atoms with Crippen LogP contribution < -0.4 is 0 Å². The Morgan fingerprint density at radius 1 is 0.897 bits per heavy atom. The second kappa shape index (κ2) is 14.3. The van der Waals surface area contributed by atoms with Crippen LogP contribution in [0.25, 0.3) is 0 Å². The van der Waals surface area contributed by atoms with Gasteiger partial charge in [-0.15, -0.1) is 11.8 Å². The zero-order valence-electron chi connectivity index (χ0n) is 21.8. The van der Waals surface area contributed by atoms with E-state index in [2.05, 4.69) is 6.92 Å². The van der Waals surface area contributed by atoms with E-state index in [0.717, 1.165) is 29.1 Å². The van der Waals surface area contributed by atoms with Crippen molar-refractivity contribution in [2.45, 2.75) is 60.9 Å². The number of rotatable bonds is 15. The average Bonchev–Trinajstić information content (AvgIpc) is 2.87. The first-order chi connectivity index (χ1) is 18.4. The topological polar surface area (TPSA) is 58.9 Å². The molecule has 0 fully saturated rings. The standard InChI is InChI=1S/C28H35F5O4S2/c1-26(20-5-7-21(34)8-6-20)19-39-25-18-22(35)9-10-23(25)24(26)4-2-12-36-13-14-37-15-17-38-16-3-11-27(29,30)28(31,32)33/h5-10,18,24,34-35H,2-4,11-17,19H2,1H3/t24-,26-/m1/s1. The van der Waals surface area contributed by atoms with Gasteiger partial charge in [-0.25, -0.2) is 0 Å². The normalized spacial score (nSPS) is 19.7. The van der Waals surface area contributed by atoms with E-state index in [1.54, 1.807) is 30.0 Å². The number of halogens is 5. The molecule has 2 atom stereocenters. The lowest BCUT2D eigenvalue weighted by atomic mass is 9.68. The molecule has 0 unspecified atom stereocenters. The maximum absolute atomic E-state index is 12.9. The van der Waals surface area contributed by atoms with Crippen molar-refractivity contribution in [3.63, 3.8) is 0 Å². The summed E-state index contributed by atoms with van der Waals surface area (Å²) in [5.74, 6) is -2.37. The number of alkyl halides is 5. The summed E-state index contributed by atoms with van der Waals surface area (Å²) < 4.78 is 73.3. The number of aromatic hydroxyl groups is 2. The highest BCUT2D eigenvalue weighted by molar-refractivity contribution is 7.99. The molecule has 1 heterocycles. The number of phenols is 2. The van der Waals surface area contributed by atoms with E-state index in [0.29, 0.717) is 32.2 Å². The van der Waals surface area contributed by atoms with Crippen molar-refractivity contribution in [3.8, 4) is 11.5 Å². The molecular formula is C28H35F5O4S2. The van der Waals surface area contributed by atoms with E-state index in [1.165, 1.54) is 17.3 Å². The SMILES string of the molecule is C[C@]1(c2ccc(O)cc2)CSc2cc(O)ccc2[C@H]1CCCOCCOCCSCCCC(F)(F)C(F)(F)F. The summed E-state index contributed by atoms with van der Waals surface area (Å²) in [7, 11) is 0. The first kappa shape index (κ1) is 31.8. The van der Waals surface area contributed by atoms with Crippen LogP contribution in [0.15, 0.2) is 47.4 Å². The number of ether oxygens (including phenoxy) is 2. The number of benzene rings is 2. The molecule has 0 radical (unpaired) electrons. The third-order valence-corrected chi connectivity index (χ3v) is 9.36. The van der Waals surface area contributed by atoms with Crippen molar-refractivity contribution in [1.82, 2.24) is 0 Å². The van der Waals surface area contributed by atoms with Gasteiger partial charge in [0.2, 0.25) is 0 Å². The molecule has 0 spiro atoms. The van der Waals surface area contributed by atoms with E-state index < -0.39 is 18.5 Å². The molecule has 218 valence electrons. The Bertz CT molecular complexity index is 1040. The van der Waals surface area contributed by atoms with Crippen molar-refractivity contribution in [2.75, 3.05) is 43.7 Å². The third-order valence-electron chi connectivity index (χ3n) is 6.92. The Kier molecular flexibility index (Phi) is 11.7. The van der Waals surface area contributed by atoms with E-state index >= 15 is 0 Å².